The maximum atomic E-state index is 12.1. The van der Waals surface area contributed by atoms with Crippen LogP contribution in [0.4, 0.5) is 5.82 Å². The fourth-order valence-electron chi connectivity index (χ4n) is 3.32. The van der Waals surface area contributed by atoms with Crippen LogP contribution in [0.2, 0.25) is 0 Å². The standard InChI is InChI=1S/C21H24N4O3/c1-2-4-17-15-5-3-6-18(26)16(15)8-9-19(17)28-12-11-23-21(27)14-7-10-20(25-22)24-13-14/h2,7-10,13H,1,3-6,11-12,22H2,(H,23,27)(H,24,25). The summed E-state index contributed by atoms with van der Waals surface area (Å²) in [4.78, 5) is 28.3. The van der Waals surface area contributed by atoms with Crippen molar-refractivity contribution >= 4 is 17.5 Å². The van der Waals surface area contributed by atoms with Gasteiger partial charge in [-0.3, -0.25) is 9.59 Å². The quantitative estimate of drug-likeness (QED) is 0.281. The molecule has 0 fully saturated rings. The molecule has 7 heteroatoms. The highest BCUT2D eigenvalue weighted by molar-refractivity contribution is 5.99. The Kier molecular flexibility index (Phi) is 6.39. The molecule has 0 saturated carbocycles. The van der Waals surface area contributed by atoms with E-state index in [0.29, 0.717) is 37.4 Å². The van der Waals surface area contributed by atoms with E-state index in [0.717, 1.165) is 35.3 Å². The lowest BCUT2D eigenvalue weighted by molar-refractivity contribution is 0.0943. The zero-order chi connectivity index (χ0) is 19.9. The molecule has 1 aromatic heterocycles. The molecule has 146 valence electrons. The average molecular weight is 380 g/mol. The van der Waals surface area contributed by atoms with Gasteiger partial charge in [-0.25, -0.2) is 10.8 Å². The number of nitrogens with two attached hydrogens (primary N) is 1. The third kappa shape index (κ3) is 4.37. The molecule has 0 bridgehead atoms. The number of Topliss-reactive ketones (excluding diaryl/α,β-unsaturated/α-hetero) is 1. The Hall–Kier alpha value is -3.19. The van der Waals surface area contributed by atoms with E-state index < -0.39 is 0 Å². The summed E-state index contributed by atoms with van der Waals surface area (Å²) < 4.78 is 5.90. The average Bonchev–Trinajstić information content (AvgIpc) is 2.72. The van der Waals surface area contributed by atoms with Gasteiger partial charge in [0.1, 0.15) is 18.2 Å². The number of nitrogens with zero attached hydrogens (tertiary/aromatic N) is 1. The molecule has 1 aliphatic carbocycles. The van der Waals surface area contributed by atoms with Gasteiger partial charge in [-0.15, -0.1) is 6.58 Å². The van der Waals surface area contributed by atoms with Crippen molar-refractivity contribution in [3.8, 4) is 5.75 Å². The van der Waals surface area contributed by atoms with Crippen LogP contribution in [-0.2, 0) is 12.8 Å². The molecule has 0 spiro atoms. The highest BCUT2D eigenvalue weighted by Gasteiger charge is 2.21. The lowest BCUT2D eigenvalue weighted by Gasteiger charge is -2.21. The first-order valence-corrected chi connectivity index (χ1v) is 9.26. The van der Waals surface area contributed by atoms with Crippen LogP contribution in [0.3, 0.4) is 0 Å². The Morgan fingerprint density at radius 2 is 2.14 bits per heavy atom. The fourth-order valence-corrected chi connectivity index (χ4v) is 3.32. The normalized spacial score (nSPS) is 12.8. The molecule has 28 heavy (non-hydrogen) atoms. The number of ether oxygens (including phenoxy) is 1. The van der Waals surface area contributed by atoms with Gasteiger partial charge >= 0.3 is 0 Å². The van der Waals surface area contributed by atoms with Crippen LogP contribution in [-0.4, -0.2) is 29.8 Å². The van der Waals surface area contributed by atoms with Crippen molar-refractivity contribution < 1.29 is 14.3 Å². The smallest absolute Gasteiger partial charge is 0.252 e. The van der Waals surface area contributed by atoms with Gasteiger partial charge in [0, 0.05) is 23.7 Å². The molecule has 7 nitrogen and oxygen atoms in total. The third-order valence-electron chi connectivity index (χ3n) is 4.69. The molecule has 2 aromatic rings. The van der Waals surface area contributed by atoms with E-state index in [2.05, 4.69) is 22.3 Å². The Morgan fingerprint density at radius 1 is 1.29 bits per heavy atom. The largest absolute Gasteiger partial charge is 0.491 e. The SMILES string of the molecule is C=CCc1c(OCCNC(=O)c2ccc(NN)nc2)ccc2c1CCCC2=O. The van der Waals surface area contributed by atoms with Crippen LogP contribution < -0.4 is 21.3 Å². The van der Waals surface area contributed by atoms with E-state index in [1.807, 2.05) is 18.2 Å². The molecule has 0 unspecified atom stereocenters. The van der Waals surface area contributed by atoms with Gasteiger partial charge in [0.2, 0.25) is 0 Å². The summed E-state index contributed by atoms with van der Waals surface area (Å²) in [6, 6.07) is 6.95. The summed E-state index contributed by atoms with van der Waals surface area (Å²) in [6.45, 7) is 4.48. The molecule has 0 atom stereocenters. The van der Waals surface area contributed by atoms with Crippen molar-refractivity contribution in [3.05, 3.63) is 65.4 Å². The zero-order valence-electron chi connectivity index (χ0n) is 15.7. The third-order valence-corrected chi connectivity index (χ3v) is 4.69. The first-order chi connectivity index (χ1) is 13.6. The van der Waals surface area contributed by atoms with Crippen molar-refractivity contribution in [2.75, 3.05) is 18.6 Å². The molecule has 1 amide bonds. The minimum Gasteiger partial charge on any atom is -0.491 e. The summed E-state index contributed by atoms with van der Waals surface area (Å²) in [6.07, 6.45) is 6.25. The van der Waals surface area contributed by atoms with Gasteiger partial charge in [-0.1, -0.05) is 6.08 Å². The van der Waals surface area contributed by atoms with Gasteiger partial charge in [0.25, 0.3) is 5.91 Å². The number of carbonyl (C=O) groups is 2. The van der Waals surface area contributed by atoms with E-state index in [1.165, 1.54) is 6.20 Å². The van der Waals surface area contributed by atoms with E-state index in [4.69, 9.17) is 10.6 Å². The summed E-state index contributed by atoms with van der Waals surface area (Å²) in [5.41, 5.74) is 5.74. The maximum absolute atomic E-state index is 12.1. The molecule has 0 aliphatic heterocycles. The first-order valence-electron chi connectivity index (χ1n) is 9.26. The van der Waals surface area contributed by atoms with E-state index in [1.54, 1.807) is 12.1 Å². The zero-order valence-corrected chi connectivity index (χ0v) is 15.7. The minimum absolute atomic E-state index is 0.190. The monoisotopic (exact) mass is 380 g/mol. The predicted octanol–water partition coefficient (Wildman–Crippen LogP) is 2.42. The van der Waals surface area contributed by atoms with E-state index in [-0.39, 0.29) is 11.7 Å². The fraction of sp³-hybridized carbons (Fsp3) is 0.286. The Labute approximate surface area is 164 Å². The van der Waals surface area contributed by atoms with Crippen LogP contribution in [0, 0.1) is 0 Å². The highest BCUT2D eigenvalue weighted by atomic mass is 16.5. The topological polar surface area (TPSA) is 106 Å². The second-order valence-corrected chi connectivity index (χ2v) is 6.52. The number of hydrazine groups is 1. The van der Waals surface area contributed by atoms with Crippen LogP contribution in [0.15, 0.2) is 43.1 Å². The number of pyridine rings is 1. The number of nitrogen functional groups attached to an aromatic ring is 1. The van der Waals surface area contributed by atoms with Crippen LogP contribution in [0.1, 0.15) is 44.7 Å². The summed E-state index contributed by atoms with van der Waals surface area (Å²) in [7, 11) is 0. The van der Waals surface area contributed by atoms with Gasteiger partial charge < -0.3 is 15.5 Å². The number of ketones is 1. The lowest BCUT2D eigenvalue weighted by atomic mass is 9.86. The lowest BCUT2D eigenvalue weighted by Crippen LogP contribution is -2.28. The van der Waals surface area contributed by atoms with E-state index >= 15 is 0 Å². The molecule has 0 radical (unpaired) electrons. The second kappa shape index (κ2) is 9.14. The highest BCUT2D eigenvalue weighted by Crippen LogP contribution is 2.31. The maximum Gasteiger partial charge on any atom is 0.252 e. The summed E-state index contributed by atoms with van der Waals surface area (Å²) in [5, 5.41) is 2.80. The number of allylic oxidation sites excluding steroid dienone is 1. The number of hydrogen-bond donors (Lipinski definition) is 3. The number of amides is 1. The Balaban J connectivity index is 1.60. The molecular weight excluding hydrogens is 356 g/mol. The Morgan fingerprint density at radius 3 is 2.86 bits per heavy atom. The molecule has 1 heterocycles. The molecule has 1 aliphatic rings. The summed E-state index contributed by atoms with van der Waals surface area (Å²) >= 11 is 0. The number of carbonyl (C=O) groups excluding carboxylic acids is 2. The number of fused-ring (bicyclic) bond motifs is 1. The number of benzene rings is 1. The van der Waals surface area contributed by atoms with Crippen molar-refractivity contribution in [1.29, 1.82) is 0 Å². The van der Waals surface area contributed by atoms with Crippen LogP contribution >= 0.6 is 0 Å². The van der Waals surface area contributed by atoms with Crippen LogP contribution in [0.25, 0.3) is 0 Å². The molecule has 4 N–H and O–H groups in total. The molecule has 0 saturated heterocycles. The van der Waals surface area contributed by atoms with Crippen molar-refractivity contribution in [3.63, 3.8) is 0 Å². The number of hydrogen-bond acceptors (Lipinski definition) is 6. The minimum atomic E-state index is -0.234. The van der Waals surface area contributed by atoms with Crippen LogP contribution in [0.5, 0.6) is 5.75 Å². The second-order valence-electron chi connectivity index (χ2n) is 6.52. The molecule has 1 aromatic carbocycles. The van der Waals surface area contributed by atoms with Gasteiger partial charge in [-0.05, 0) is 49.1 Å². The Bertz CT molecular complexity index is 878. The predicted molar refractivity (Wildman–Crippen MR) is 107 cm³/mol. The van der Waals surface area contributed by atoms with Gasteiger partial charge in [0.15, 0.2) is 5.78 Å². The van der Waals surface area contributed by atoms with Crippen molar-refractivity contribution in [2.45, 2.75) is 25.7 Å². The molecule has 3 rings (SSSR count). The molecular formula is C21H24N4O3. The first kappa shape index (κ1) is 19.6. The van der Waals surface area contributed by atoms with Gasteiger partial charge in [0.05, 0.1) is 12.1 Å². The van der Waals surface area contributed by atoms with Gasteiger partial charge in [-0.2, -0.15) is 0 Å². The number of anilines is 1. The van der Waals surface area contributed by atoms with Crippen molar-refractivity contribution in [1.82, 2.24) is 10.3 Å². The number of rotatable bonds is 8. The number of nitrogens with one attached hydrogen (secondary N) is 2. The number of aromatic nitrogens is 1. The summed E-state index contributed by atoms with van der Waals surface area (Å²) in [5.74, 6) is 6.44. The van der Waals surface area contributed by atoms with E-state index in [9.17, 15) is 9.59 Å². The van der Waals surface area contributed by atoms with Crippen molar-refractivity contribution in [2.24, 2.45) is 5.84 Å².